The van der Waals surface area contributed by atoms with Crippen molar-refractivity contribution in [2.45, 2.75) is 19.9 Å². The number of aryl methyl sites for hydroxylation is 1. The van der Waals surface area contributed by atoms with E-state index in [9.17, 15) is 14.0 Å². The van der Waals surface area contributed by atoms with Gasteiger partial charge in [-0.15, -0.1) is 11.3 Å². The molecule has 3 aromatic rings. The number of fused-ring (bicyclic) bond motifs is 1. The molecule has 5 nitrogen and oxygen atoms in total. The van der Waals surface area contributed by atoms with Gasteiger partial charge in [0.05, 0.1) is 12.3 Å². The van der Waals surface area contributed by atoms with Crippen LogP contribution in [0.25, 0.3) is 10.1 Å². The molecule has 0 fully saturated rings. The van der Waals surface area contributed by atoms with Crippen LogP contribution in [0.4, 0.5) is 4.39 Å². The minimum Gasteiger partial charge on any atom is -0.467 e. The predicted octanol–water partition coefficient (Wildman–Crippen LogP) is 3.98. The average molecular weight is 361 g/mol. The van der Waals surface area contributed by atoms with E-state index in [2.05, 4.69) is 5.32 Å². The predicted molar refractivity (Wildman–Crippen MR) is 92.1 cm³/mol. The van der Waals surface area contributed by atoms with E-state index in [4.69, 9.17) is 9.15 Å². The lowest BCUT2D eigenvalue weighted by molar-refractivity contribution is -0.125. The lowest BCUT2D eigenvalue weighted by Crippen LogP contribution is -2.30. The van der Waals surface area contributed by atoms with Crippen molar-refractivity contribution in [2.24, 2.45) is 0 Å². The molecular formula is C18H16FNO4S. The Balaban J connectivity index is 1.64. The number of furan rings is 1. The molecule has 0 spiro atoms. The molecule has 0 unspecified atom stereocenters. The summed E-state index contributed by atoms with van der Waals surface area (Å²) in [5.74, 6) is -0.855. The number of esters is 1. The maximum Gasteiger partial charge on any atom is 0.349 e. The van der Waals surface area contributed by atoms with Crippen molar-refractivity contribution in [3.63, 3.8) is 0 Å². The van der Waals surface area contributed by atoms with E-state index in [0.717, 1.165) is 11.3 Å². The Morgan fingerprint density at radius 2 is 2.12 bits per heavy atom. The molecule has 0 bridgehead atoms. The first-order valence-electron chi connectivity index (χ1n) is 7.65. The fourth-order valence-corrected chi connectivity index (χ4v) is 3.65. The van der Waals surface area contributed by atoms with Crippen molar-refractivity contribution >= 4 is 33.3 Å². The highest BCUT2D eigenvalue weighted by molar-refractivity contribution is 7.21. The van der Waals surface area contributed by atoms with Gasteiger partial charge in [0.25, 0.3) is 5.91 Å². The van der Waals surface area contributed by atoms with Gasteiger partial charge in [-0.2, -0.15) is 0 Å². The zero-order chi connectivity index (χ0) is 18.0. The Hall–Kier alpha value is -2.67. The minimum atomic E-state index is -0.640. The van der Waals surface area contributed by atoms with E-state index in [0.29, 0.717) is 26.3 Å². The van der Waals surface area contributed by atoms with Crippen LogP contribution < -0.4 is 5.32 Å². The summed E-state index contributed by atoms with van der Waals surface area (Å²) < 4.78 is 24.8. The van der Waals surface area contributed by atoms with Crippen molar-refractivity contribution in [3.05, 3.63) is 58.6 Å². The summed E-state index contributed by atoms with van der Waals surface area (Å²) in [5, 5.41) is 3.09. The molecule has 0 saturated carbocycles. The molecule has 0 radical (unpaired) electrons. The van der Waals surface area contributed by atoms with E-state index < -0.39 is 18.5 Å². The first-order chi connectivity index (χ1) is 12.0. The monoisotopic (exact) mass is 361 g/mol. The van der Waals surface area contributed by atoms with Crippen LogP contribution in [-0.4, -0.2) is 18.5 Å². The SMILES string of the molecule is Cc1c(C(=O)OCC(=O)N[C@@H](C)c2ccco2)sc2cccc(F)c12. The molecule has 0 aliphatic rings. The number of nitrogens with one attached hydrogen (secondary N) is 1. The second-order valence-electron chi connectivity index (χ2n) is 5.55. The van der Waals surface area contributed by atoms with Gasteiger partial charge in [-0.1, -0.05) is 6.07 Å². The van der Waals surface area contributed by atoms with Crippen LogP contribution in [0.1, 0.15) is 34.0 Å². The van der Waals surface area contributed by atoms with E-state index in [1.54, 1.807) is 38.1 Å². The van der Waals surface area contributed by atoms with Gasteiger partial charge in [0, 0.05) is 10.1 Å². The summed E-state index contributed by atoms with van der Waals surface area (Å²) in [6, 6.07) is 7.81. The number of carbonyl (C=O) groups excluding carboxylic acids is 2. The topological polar surface area (TPSA) is 68.5 Å². The molecule has 2 aromatic heterocycles. The number of benzene rings is 1. The van der Waals surface area contributed by atoms with Crippen LogP contribution in [-0.2, 0) is 9.53 Å². The van der Waals surface area contributed by atoms with Gasteiger partial charge in [0.2, 0.25) is 0 Å². The lowest BCUT2D eigenvalue weighted by atomic mass is 10.1. The Labute approximate surface area is 147 Å². The molecule has 130 valence electrons. The summed E-state index contributed by atoms with van der Waals surface area (Å²) >= 11 is 1.15. The van der Waals surface area contributed by atoms with Crippen molar-refractivity contribution in [1.82, 2.24) is 5.32 Å². The Morgan fingerprint density at radius 1 is 1.32 bits per heavy atom. The van der Waals surface area contributed by atoms with Crippen molar-refractivity contribution in [2.75, 3.05) is 6.61 Å². The highest BCUT2D eigenvalue weighted by Crippen LogP contribution is 2.32. The number of hydrogen-bond donors (Lipinski definition) is 1. The van der Waals surface area contributed by atoms with Crippen LogP contribution in [0.3, 0.4) is 0 Å². The molecule has 3 rings (SSSR count). The first kappa shape index (κ1) is 17.2. The summed E-state index contributed by atoms with van der Waals surface area (Å²) in [7, 11) is 0. The van der Waals surface area contributed by atoms with Crippen LogP contribution in [0.2, 0.25) is 0 Å². The third kappa shape index (κ3) is 3.56. The standard InChI is InChI=1S/C18H16FNO4S/c1-10-16-12(19)5-3-7-14(16)25-17(10)18(22)24-9-15(21)20-11(2)13-6-4-8-23-13/h3-8,11H,9H2,1-2H3,(H,20,21)/t11-/m0/s1. The maximum atomic E-state index is 13.9. The highest BCUT2D eigenvalue weighted by Gasteiger charge is 2.20. The molecule has 0 saturated heterocycles. The zero-order valence-electron chi connectivity index (χ0n) is 13.7. The van der Waals surface area contributed by atoms with Crippen LogP contribution in [0.15, 0.2) is 41.0 Å². The average Bonchev–Trinajstić information content (AvgIpc) is 3.21. The third-order valence-corrected chi connectivity index (χ3v) is 5.01. The van der Waals surface area contributed by atoms with E-state index >= 15 is 0 Å². The normalized spacial score (nSPS) is 12.1. The molecule has 7 heteroatoms. The first-order valence-corrected chi connectivity index (χ1v) is 8.46. The number of hydrogen-bond acceptors (Lipinski definition) is 5. The van der Waals surface area contributed by atoms with Crippen LogP contribution in [0.5, 0.6) is 0 Å². The van der Waals surface area contributed by atoms with Crippen molar-refractivity contribution in [3.8, 4) is 0 Å². The maximum absolute atomic E-state index is 13.9. The zero-order valence-corrected chi connectivity index (χ0v) is 14.5. The lowest BCUT2D eigenvalue weighted by Gasteiger charge is -2.11. The van der Waals surface area contributed by atoms with Gasteiger partial charge in [-0.05, 0) is 43.7 Å². The molecular weight excluding hydrogens is 345 g/mol. The molecule has 0 aliphatic heterocycles. The van der Waals surface area contributed by atoms with E-state index in [1.807, 2.05) is 0 Å². The second-order valence-corrected chi connectivity index (χ2v) is 6.60. The fraction of sp³-hybridized carbons (Fsp3) is 0.222. The van der Waals surface area contributed by atoms with Crippen LogP contribution >= 0.6 is 11.3 Å². The largest absolute Gasteiger partial charge is 0.467 e. The fourth-order valence-electron chi connectivity index (χ4n) is 2.54. The molecule has 2 heterocycles. The van der Waals surface area contributed by atoms with Crippen molar-refractivity contribution in [1.29, 1.82) is 0 Å². The summed E-state index contributed by atoms with van der Waals surface area (Å²) in [6.07, 6.45) is 1.52. The van der Waals surface area contributed by atoms with Gasteiger partial charge in [0.15, 0.2) is 6.61 Å². The van der Waals surface area contributed by atoms with Crippen LogP contribution in [0, 0.1) is 12.7 Å². The molecule has 0 aliphatic carbocycles. The number of carbonyl (C=O) groups is 2. The van der Waals surface area contributed by atoms with Gasteiger partial charge in [-0.3, -0.25) is 4.79 Å². The molecule has 1 atom stereocenters. The smallest absolute Gasteiger partial charge is 0.349 e. The highest BCUT2D eigenvalue weighted by atomic mass is 32.1. The van der Waals surface area contributed by atoms with Gasteiger partial charge >= 0.3 is 5.97 Å². The van der Waals surface area contributed by atoms with Gasteiger partial charge in [0.1, 0.15) is 16.5 Å². The number of rotatable bonds is 5. The molecule has 1 amide bonds. The molecule has 1 aromatic carbocycles. The Bertz CT molecular complexity index is 917. The second kappa shape index (κ2) is 7.06. The Kier molecular flexibility index (Phi) is 4.85. The number of halogens is 1. The number of ether oxygens (including phenoxy) is 1. The van der Waals surface area contributed by atoms with E-state index in [-0.39, 0.29) is 11.9 Å². The number of amides is 1. The van der Waals surface area contributed by atoms with Crippen molar-refractivity contribution < 1.29 is 23.1 Å². The summed E-state index contributed by atoms with van der Waals surface area (Å²) in [6.45, 7) is 3.01. The summed E-state index contributed by atoms with van der Waals surface area (Å²) in [5.41, 5.74) is 0.521. The third-order valence-electron chi connectivity index (χ3n) is 3.77. The molecule has 1 N–H and O–H groups in total. The van der Waals surface area contributed by atoms with Gasteiger partial charge < -0.3 is 14.5 Å². The van der Waals surface area contributed by atoms with E-state index in [1.165, 1.54) is 12.3 Å². The molecule has 25 heavy (non-hydrogen) atoms. The quantitative estimate of drug-likeness (QED) is 0.698. The number of thiophene rings is 1. The Morgan fingerprint density at radius 3 is 2.80 bits per heavy atom. The minimum absolute atomic E-state index is 0.298. The van der Waals surface area contributed by atoms with Gasteiger partial charge in [-0.25, -0.2) is 9.18 Å². The summed E-state index contributed by atoms with van der Waals surface area (Å²) in [4.78, 5) is 24.4.